The van der Waals surface area contributed by atoms with Crippen LogP contribution in [0, 0.1) is 13.8 Å². The van der Waals surface area contributed by atoms with Gasteiger partial charge in [-0.25, -0.2) is 0 Å². The molecule has 33 heavy (non-hydrogen) atoms. The molecule has 1 unspecified atom stereocenters. The Balaban J connectivity index is 2.21. The average molecular weight is 453 g/mol. The number of amides is 1. The number of aliphatic hydroxyl groups is 1. The number of Topliss-reactive ketones (excluding diaryl/α,β-unsaturated/α-hetero) is 1. The monoisotopic (exact) mass is 452 g/mol. The molecule has 7 heteroatoms. The third-order valence-electron chi connectivity index (χ3n) is 5.78. The molecule has 0 saturated carbocycles. The summed E-state index contributed by atoms with van der Waals surface area (Å²) in [4.78, 5) is 29.7. The second kappa shape index (κ2) is 10.1. The van der Waals surface area contributed by atoms with Gasteiger partial charge in [-0.3, -0.25) is 9.59 Å². The van der Waals surface area contributed by atoms with Crippen LogP contribution in [0.5, 0.6) is 11.5 Å². The van der Waals surface area contributed by atoms with Gasteiger partial charge in [0.1, 0.15) is 5.76 Å². The number of ketones is 1. The van der Waals surface area contributed by atoms with Crippen molar-refractivity contribution in [2.45, 2.75) is 26.8 Å². The normalized spacial score (nSPS) is 17.7. The maximum Gasteiger partial charge on any atom is 0.295 e. The van der Waals surface area contributed by atoms with Crippen LogP contribution in [0.2, 0.25) is 0 Å². The fourth-order valence-electron chi connectivity index (χ4n) is 4.03. The molecule has 1 amide bonds. The van der Waals surface area contributed by atoms with Gasteiger partial charge in [-0.05, 0) is 64.2 Å². The largest absolute Gasteiger partial charge is 0.507 e. The smallest absolute Gasteiger partial charge is 0.295 e. The van der Waals surface area contributed by atoms with E-state index in [-0.39, 0.29) is 11.3 Å². The lowest BCUT2D eigenvalue weighted by atomic mass is 9.93. The minimum Gasteiger partial charge on any atom is -0.507 e. The summed E-state index contributed by atoms with van der Waals surface area (Å²) in [5.41, 5.74) is 3.06. The molecule has 1 aliphatic rings. The number of benzene rings is 2. The van der Waals surface area contributed by atoms with Crippen molar-refractivity contribution in [2.75, 3.05) is 40.9 Å². The first kappa shape index (κ1) is 24.3. The van der Waals surface area contributed by atoms with Crippen molar-refractivity contribution in [3.8, 4) is 11.5 Å². The van der Waals surface area contributed by atoms with Gasteiger partial charge >= 0.3 is 0 Å². The number of aliphatic hydroxyl groups excluding tert-OH is 1. The Bertz CT molecular complexity index is 1090. The number of carbonyl (C=O) groups excluding carboxylic acids is 2. The topological polar surface area (TPSA) is 79.3 Å². The number of aryl methyl sites for hydroxylation is 2. The highest BCUT2D eigenvalue weighted by atomic mass is 16.5. The number of rotatable bonds is 8. The second-order valence-electron chi connectivity index (χ2n) is 8.46. The highest BCUT2D eigenvalue weighted by Gasteiger charge is 2.46. The van der Waals surface area contributed by atoms with E-state index >= 15 is 0 Å². The fourth-order valence-corrected chi connectivity index (χ4v) is 4.03. The number of methoxy groups -OCH3 is 1. The molecule has 0 radical (unpaired) electrons. The maximum absolute atomic E-state index is 13.2. The van der Waals surface area contributed by atoms with E-state index in [1.54, 1.807) is 19.2 Å². The van der Waals surface area contributed by atoms with Crippen LogP contribution in [0.3, 0.4) is 0 Å². The summed E-state index contributed by atoms with van der Waals surface area (Å²) in [6.45, 7) is 7.05. The fraction of sp³-hybridized carbons (Fsp3) is 0.385. The molecule has 0 aliphatic carbocycles. The molecule has 1 atom stereocenters. The van der Waals surface area contributed by atoms with Crippen LogP contribution < -0.4 is 9.47 Å². The number of nitrogens with zero attached hydrogens (tertiary/aromatic N) is 2. The lowest BCUT2D eigenvalue weighted by Crippen LogP contribution is -2.35. The summed E-state index contributed by atoms with van der Waals surface area (Å²) < 4.78 is 11.1. The molecule has 176 valence electrons. The molecule has 0 bridgehead atoms. The summed E-state index contributed by atoms with van der Waals surface area (Å²) in [5.74, 6) is -0.408. The Labute approximate surface area is 195 Å². The predicted octanol–water partition coefficient (Wildman–Crippen LogP) is 3.69. The SMILES string of the molecule is CCOc1ccc(C2C(=C(O)c3cc(C)ccc3C)C(=O)C(=O)N2CCN(C)C)cc1OC. The Hall–Kier alpha value is -3.32. The molecule has 0 spiro atoms. The molecule has 1 saturated heterocycles. The number of likely N-dealkylation sites (N-methyl/N-ethyl adjacent to an activating group) is 1. The molecular formula is C26H32N2O5. The van der Waals surface area contributed by atoms with Crippen molar-refractivity contribution in [1.82, 2.24) is 9.80 Å². The second-order valence-corrected chi connectivity index (χ2v) is 8.46. The van der Waals surface area contributed by atoms with E-state index in [4.69, 9.17) is 9.47 Å². The van der Waals surface area contributed by atoms with Gasteiger partial charge in [-0.1, -0.05) is 23.8 Å². The first-order chi connectivity index (χ1) is 15.7. The van der Waals surface area contributed by atoms with Gasteiger partial charge in [0.2, 0.25) is 0 Å². The van der Waals surface area contributed by atoms with Crippen LogP contribution in [-0.4, -0.2) is 67.5 Å². The van der Waals surface area contributed by atoms with Crippen LogP contribution in [0.4, 0.5) is 0 Å². The van der Waals surface area contributed by atoms with E-state index in [9.17, 15) is 14.7 Å². The molecule has 3 rings (SSSR count). The number of carbonyl (C=O) groups is 2. The molecule has 0 aromatic heterocycles. The zero-order chi connectivity index (χ0) is 24.3. The van der Waals surface area contributed by atoms with Crippen molar-refractivity contribution in [3.63, 3.8) is 0 Å². The van der Waals surface area contributed by atoms with Crippen molar-refractivity contribution in [2.24, 2.45) is 0 Å². The third kappa shape index (κ3) is 4.88. The van der Waals surface area contributed by atoms with Gasteiger partial charge in [-0.2, -0.15) is 0 Å². The first-order valence-electron chi connectivity index (χ1n) is 11.0. The van der Waals surface area contributed by atoms with Crippen molar-refractivity contribution in [1.29, 1.82) is 0 Å². The Morgan fingerprint density at radius 1 is 1.09 bits per heavy atom. The molecule has 2 aromatic carbocycles. The van der Waals surface area contributed by atoms with Crippen LogP contribution >= 0.6 is 0 Å². The highest BCUT2D eigenvalue weighted by Crippen LogP contribution is 2.42. The Morgan fingerprint density at radius 3 is 2.45 bits per heavy atom. The molecule has 1 N–H and O–H groups in total. The molecular weight excluding hydrogens is 420 g/mol. The van der Waals surface area contributed by atoms with Crippen molar-refractivity contribution < 1.29 is 24.2 Å². The van der Waals surface area contributed by atoms with E-state index in [0.717, 1.165) is 11.1 Å². The predicted molar refractivity (Wildman–Crippen MR) is 128 cm³/mol. The molecule has 1 fully saturated rings. The number of hydrogen-bond donors (Lipinski definition) is 1. The van der Waals surface area contributed by atoms with Gasteiger partial charge in [0.05, 0.1) is 25.3 Å². The van der Waals surface area contributed by atoms with Gasteiger partial charge in [0.15, 0.2) is 11.5 Å². The summed E-state index contributed by atoms with van der Waals surface area (Å²) in [6, 6.07) is 10.3. The van der Waals surface area contributed by atoms with Crippen LogP contribution in [-0.2, 0) is 9.59 Å². The summed E-state index contributed by atoms with van der Waals surface area (Å²) in [5, 5.41) is 11.3. The lowest BCUT2D eigenvalue weighted by molar-refractivity contribution is -0.140. The van der Waals surface area contributed by atoms with Crippen LogP contribution in [0.1, 0.15) is 35.2 Å². The van der Waals surface area contributed by atoms with E-state index in [1.807, 2.05) is 64.0 Å². The third-order valence-corrected chi connectivity index (χ3v) is 5.78. The van der Waals surface area contributed by atoms with Crippen LogP contribution in [0.25, 0.3) is 5.76 Å². The Kier molecular flexibility index (Phi) is 7.43. The molecule has 1 heterocycles. The van der Waals surface area contributed by atoms with Gasteiger partial charge in [0, 0.05) is 18.7 Å². The van der Waals surface area contributed by atoms with Gasteiger partial charge < -0.3 is 24.4 Å². The minimum absolute atomic E-state index is 0.0821. The summed E-state index contributed by atoms with van der Waals surface area (Å²) >= 11 is 0. The van der Waals surface area contributed by atoms with E-state index in [2.05, 4.69) is 0 Å². The van der Waals surface area contributed by atoms with E-state index in [0.29, 0.717) is 42.3 Å². The standard InChI is InChI=1S/C26H32N2O5/c1-7-33-20-11-10-18(15-21(20)32-6)23-22(24(29)19-14-16(2)8-9-17(19)3)25(30)26(31)28(23)13-12-27(4)5/h8-11,14-15,23,29H,7,12-13H2,1-6H3. The molecule has 1 aliphatic heterocycles. The summed E-state index contributed by atoms with van der Waals surface area (Å²) in [7, 11) is 5.35. The van der Waals surface area contributed by atoms with E-state index in [1.165, 1.54) is 4.90 Å². The number of hydrogen-bond acceptors (Lipinski definition) is 6. The Morgan fingerprint density at radius 2 is 1.82 bits per heavy atom. The zero-order valence-corrected chi connectivity index (χ0v) is 20.1. The van der Waals surface area contributed by atoms with Gasteiger partial charge in [0.25, 0.3) is 11.7 Å². The minimum atomic E-state index is -0.741. The summed E-state index contributed by atoms with van der Waals surface area (Å²) in [6.07, 6.45) is 0. The van der Waals surface area contributed by atoms with Crippen molar-refractivity contribution in [3.05, 3.63) is 64.2 Å². The highest BCUT2D eigenvalue weighted by molar-refractivity contribution is 6.46. The maximum atomic E-state index is 13.2. The molecule has 2 aromatic rings. The van der Waals surface area contributed by atoms with E-state index < -0.39 is 17.7 Å². The number of likely N-dealkylation sites (tertiary alicyclic amines) is 1. The van der Waals surface area contributed by atoms with Crippen LogP contribution in [0.15, 0.2) is 42.0 Å². The number of ether oxygens (including phenoxy) is 2. The molecule has 7 nitrogen and oxygen atoms in total. The van der Waals surface area contributed by atoms with Gasteiger partial charge in [-0.15, -0.1) is 0 Å². The quantitative estimate of drug-likeness (QED) is 0.374. The zero-order valence-electron chi connectivity index (χ0n) is 20.1. The van der Waals surface area contributed by atoms with Crippen molar-refractivity contribution >= 4 is 17.4 Å². The average Bonchev–Trinajstić information content (AvgIpc) is 3.04. The first-order valence-corrected chi connectivity index (χ1v) is 11.0. The lowest BCUT2D eigenvalue weighted by Gasteiger charge is -2.27.